The molecule has 11 heavy (non-hydrogen) atoms. The van der Waals surface area contributed by atoms with Crippen molar-refractivity contribution in [1.82, 2.24) is 0 Å². The van der Waals surface area contributed by atoms with E-state index in [9.17, 15) is 4.79 Å². The van der Waals surface area contributed by atoms with E-state index in [1.165, 1.54) is 0 Å². The lowest BCUT2D eigenvalue weighted by atomic mass is 10.0. The van der Waals surface area contributed by atoms with Crippen molar-refractivity contribution in [2.45, 2.75) is 40.2 Å². The highest BCUT2D eigenvalue weighted by molar-refractivity contribution is 5.79. The molecule has 0 unspecified atom stereocenters. The summed E-state index contributed by atoms with van der Waals surface area (Å²) in [5.74, 6) is 0.0243. The number of rotatable bonds is 3. The van der Waals surface area contributed by atoms with Crippen LogP contribution in [0, 0.1) is 5.92 Å². The van der Waals surface area contributed by atoms with Crippen molar-refractivity contribution in [2.24, 2.45) is 17.4 Å². The Morgan fingerprint density at radius 3 is 1.91 bits per heavy atom. The predicted molar refractivity (Wildman–Crippen MR) is 52.2 cm³/mol. The predicted octanol–water partition coefficient (Wildman–Crippen LogP) is 1.36. The van der Waals surface area contributed by atoms with Gasteiger partial charge in [-0.25, -0.2) is 0 Å². The number of hydrogen-bond acceptors (Lipinski definition) is 2. The molecule has 0 radical (unpaired) electrons. The van der Waals surface area contributed by atoms with Crippen LogP contribution in [-0.2, 0) is 4.79 Å². The van der Waals surface area contributed by atoms with Crippen molar-refractivity contribution in [2.75, 3.05) is 0 Å². The topological polar surface area (TPSA) is 69.1 Å². The highest BCUT2D eigenvalue weighted by Gasteiger charge is 2.09. The third-order valence-corrected chi connectivity index (χ3v) is 1.09. The van der Waals surface area contributed by atoms with Gasteiger partial charge in [-0.1, -0.05) is 27.7 Å². The fourth-order valence-electron chi connectivity index (χ4n) is 0.624. The first-order valence-corrected chi connectivity index (χ1v) is 4.09. The maximum Gasteiger partial charge on any atom is 0.234 e. The minimum absolute atomic E-state index is 0. The molecule has 0 aliphatic rings. The van der Waals surface area contributed by atoms with E-state index in [0.29, 0.717) is 12.3 Å². The molecule has 0 spiro atoms. The maximum absolute atomic E-state index is 10.3. The Balaban J connectivity index is -0.0000000941. The van der Waals surface area contributed by atoms with Crippen LogP contribution in [0.25, 0.3) is 0 Å². The van der Waals surface area contributed by atoms with Crippen LogP contribution in [-0.4, -0.2) is 11.9 Å². The molecule has 0 fully saturated rings. The van der Waals surface area contributed by atoms with Crippen LogP contribution in [0.15, 0.2) is 0 Å². The minimum Gasteiger partial charge on any atom is -0.368 e. The maximum atomic E-state index is 10.3. The Morgan fingerprint density at radius 1 is 1.45 bits per heavy atom. The first kappa shape index (κ1) is 13.1. The zero-order valence-electron chi connectivity index (χ0n) is 7.92. The highest BCUT2D eigenvalue weighted by Crippen LogP contribution is 2.00. The van der Waals surface area contributed by atoms with Gasteiger partial charge in [-0.15, -0.1) is 0 Å². The van der Waals surface area contributed by atoms with Crippen molar-refractivity contribution in [3.8, 4) is 0 Å². The average Bonchev–Trinajstić information content (AvgIpc) is 1.90. The molecule has 3 heteroatoms. The molecule has 0 heterocycles. The fourth-order valence-corrected chi connectivity index (χ4v) is 0.624. The van der Waals surface area contributed by atoms with Crippen LogP contribution in [0.4, 0.5) is 0 Å². The average molecular weight is 164 g/mol. The van der Waals surface area contributed by atoms with Gasteiger partial charge >= 0.3 is 0 Å². The van der Waals surface area contributed by atoms with E-state index in [2.05, 4.69) is 0 Å². The lowest BCUT2D eigenvalue weighted by molar-refractivity contribution is -0.119. The molecule has 0 aromatic carbocycles. The monoisotopic (exact) mass is 164 g/mol. The van der Waals surface area contributed by atoms with Gasteiger partial charge in [0.1, 0.15) is 0 Å². The van der Waals surface area contributed by atoms with Crippen LogP contribution in [0.3, 0.4) is 0 Å². The summed E-state index contributed by atoms with van der Waals surface area (Å²) < 4.78 is 0. The number of carbonyl (C=O) groups is 1. The summed E-state index contributed by atoms with van der Waals surface area (Å²) in [6, 6.07) is -0.468. The molecule has 3 nitrogen and oxygen atoms in total. The van der Waals surface area contributed by atoms with Gasteiger partial charge in [0, 0.05) is 2.85 Å². The molecule has 4 N–H and O–H groups in total. The summed E-state index contributed by atoms with van der Waals surface area (Å²) >= 11 is 0. The molecule has 0 bridgehead atoms. The standard InChI is InChI=1S/C6H14N2O.C2H6.2H2/c1-4(2)3-5(7)6(8)9;1-2;;/h4-5H,3,7H2,1-2H3,(H2,8,9);1-2H3;2*1H/t5-;;;/m0.../s1. The van der Waals surface area contributed by atoms with Gasteiger partial charge in [0.15, 0.2) is 0 Å². The van der Waals surface area contributed by atoms with E-state index in [1.807, 2.05) is 27.7 Å². The zero-order chi connectivity index (χ0) is 9.44. The van der Waals surface area contributed by atoms with E-state index in [0.717, 1.165) is 0 Å². The summed E-state index contributed by atoms with van der Waals surface area (Å²) in [5.41, 5.74) is 10.3. The number of amides is 1. The molecule has 0 aromatic rings. The van der Waals surface area contributed by atoms with Crippen molar-refractivity contribution in [3.05, 3.63) is 0 Å². The van der Waals surface area contributed by atoms with E-state index < -0.39 is 11.9 Å². The molecule has 0 aromatic heterocycles. The SMILES string of the molecule is CC.CC(C)C[C@H](N)C(N)=O.[HH].[HH]. The molecule has 0 aliphatic heterocycles. The Kier molecular flexibility index (Phi) is 8.94. The Bertz CT molecular complexity index is 110. The first-order valence-electron chi connectivity index (χ1n) is 4.09. The van der Waals surface area contributed by atoms with E-state index >= 15 is 0 Å². The number of nitrogens with two attached hydrogens (primary N) is 2. The zero-order valence-corrected chi connectivity index (χ0v) is 7.92. The first-order chi connectivity index (χ1) is 5.04. The van der Waals surface area contributed by atoms with Gasteiger partial charge in [0.25, 0.3) is 0 Å². The van der Waals surface area contributed by atoms with Crippen LogP contribution in [0.1, 0.15) is 37.0 Å². The van der Waals surface area contributed by atoms with Crippen molar-refractivity contribution in [3.63, 3.8) is 0 Å². The van der Waals surface area contributed by atoms with Crippen molar-refractivity contribution in [1.29, 1.82) is 0 Å². The molecular weight excluding hydrogens is 140 g/mol. The molecule has 0 saturated carbocycles. The third-order valence-electron chi connectivity index (χ3n) is 1.09. The Morgan fingerprint density at radius 2 is 1.82 bits per heavy atom. The lowest BCUT2D eigenvalue weighted by Gasteiger charge is -2.08. The second-order valence-electron chi connectivity index (χ2n) is 2.64. The van der Waals surface area contributed by atoms with E-state index in [1.54, 1.807) is 0 Å². The lowest BCUT2D eigenvalue weighted by Crippen LogP contribution is -2.37. The molecule has 0 rings (SSSR count). The van der Waals surface area contributed by atoms with Crippen molar-refractivity contribution >= 4 is 5.91 Å². The van der Waals surface area contributed by atoms with Gasteiger partial charge in [0.2, 0.25) is 5.91 Å². The van der Waals surface area contributed by atoms with Crippen LogP contribution < -0.4 is 11.5 Å². The van der Waals surface area contributed by atoms with E-state index in [-0.39, 0.29) is 2.85 Å². The molecular formula is C8H24N2O. The second kappa shape index (κ2) is 7.54. The molecule has 72 valence electrons. The number of primary amides is 1. The molecule has 0 saturated heterocycles. The molecule has 0 aliphatic carbocycles. The molecule has 1 amide bonds. The summed E-state index contributed by atoms with van der Waals surface area (Å²) in [6.07, 6.45) is 0.676. The van der Waals surface area contributed by atoms with E-state index in [4.69, 9.17) is 11.5 Å². The number of hydrogen-bond donors (Lipinski definition) is 2. The number of carbonyl (C=O) groups excluding carboxylic acids is 1. The normalized spacial score (nSPS) is 11.8. The highest BCUT2D eigenvalue weighted by atomic mass is 16.1. The van der Waals surface area contributed by atoms with Crippen LogP contribution in [0.5, 0.6) is 0 Å². The Hall–Kier alpha value is -0.570. The van der Waals surface area contributed by atoms with Gasteiger partial charge in [-0.3, -0.25) is 4.79 Å². The third kappa shape index (κ3) is 9.43. The summed E-state index contributed by atoms with van der Waals surface area (Å²) in [7, 11) is 0. The van der Waals surface area contributed by atoms with Gasteiger partial charge in [-0.2, -0.15) is 0 Å². The van der Waals surface area contributed by atoms with Crippen LogP contribution >= 0.6 is 0 Å². The Labute approximate surface area is 72.1 Å². The quantitative estimate of drug-likeness (QED) is 0.661. The summed E-state index contributed by atoms with van der Waals surface area (Å²) in [5, 5.41) is 0. The second-order valence-corrected chi connectivity index (χ2v) is 2.64. The molecule has 1 atom stereocenters. The van der Waals surface area contributed by atoms with Crippen molar-refractivity contribution < 1.29 is 7.65 Å². The smallest absolute Gasteiger partial charge is 0.234 e. The van der Waals surface area contributed by atoms with Gasteiger partial charge < -0.3 is 11.5 Å². The summed E-state index contributed by atoms with van der Waals surface area (Å²) in [6.45, 7) is 8.01. The van der Waals surface area contributed by atoms with Gasteiger partial charge in [-0.05, 0) is 12.3 Å². The fraction of sp³-hybridized carbons (Fsp3) is 0.875. The van der Waals surface area contributed by atoms with Crippen LogP contribution in [0.2, 0.25) is 0 Å². The minimum atomic E-state index is -0.468. The summed E-state index contributed by atoms with van der Waals surface area (Å²) in [4.78, 5) is 10.3. The largest absolute Gasteiger partial charge is 0.368 e. The van der Waals surface area contributed by atoms with Gasteiger partial charge in [0.05, 0.1) is 6.04 Å².